The maximum atomic E-state index is 12.8. The van der Waals surface area contributed by atoms with E-state index in [0.29, 0.717) is 24.8 Å². The van der Waals surface area contributed by atoms with Gasteiger partial charge in [-0.25, -0.2) is 0 Å². The monoisotopic (exact) mass is 329 g/mol. The average Bonchev–Trinajstić information content (AvgIpc) is 2.60. The third-order valence-corrected chi connectivity index (χ3v) is 4.23. The summed E-state index contributed by atoms with van der Waals surface area (Å²) in [7, 11) is 0. The van der Waals surface area contributed by atoms with Gasteiger partial charge in [0.25, 0.3) is 11.6 Å². The molecule has 2 aromatic rings. The largest absolute Gasteiger partial charge is 0.481 e. The van der Waals surface area contributed by atoms with Crippen LogP contribution >= 0.6 is 0 Å². The van der Waals surface area contributed by atoms with Crippen LogP contribution in [0.25, 0.3) is 10.9 Å². The number of hydrogen-bond donors (Lipinski definition) is 1. The van der Waals surface area contributed by atoms with Gasteiger partial charge in [0, 0.05) is 25.4 Å². The summed E-state index contributed by atoms with van der Waals surface area (Å²) in [5, 5.41) is 20.6. The first-order valence-corrected chi connectivity index (χ1v) is 7.53. The molecule has 124 valence electrons. The number of carbonyl (C=O) groups excluding carboxylic acids is 1. The Hall–Kier alpha value is -3.03. The molecule has 1 atom stereocenters. The third kappa shape index (κ3) is 2.78. The lowest BCUT2D eigenvalue weighted by Crippen LogP contribution is -2.42. The Morgan fingerprint density at radius 1 is 1.33 bits per heavy atom. The molecule has 1 saturated heterocycles. The van der Waals surface area contributed by atoms with Gasteiger partial charge in [-0.05, 0) is 31.0 Å². The Morgan fingerprint density at radius 2 is 2.12 bits per heavy atom. The lowest BCUT2D eigenvalue weighted by atomic mass is 9.97. The van der Waals surface area contributed by atoms with Gasteiger partial charge in [0.2, 0.25) is 0 Å². The number of benzene rings is 1. The van der Waals surface area contributed by atoms with Crippen LogP contribution in [-0.2, 0) is 4.79 Å². The van der Waals surface area contributed by atoms with E-state index in [0.717, 1.165) is 0 Å². The van der Waals surface area contributed by atoms with Crippen LogP contribution in [0.1, 0.15) is 23.2 Å². The zero-order valence-electron chi connectivity index (χ0n) is 12.7. The topological polar surface area (TPSA) is 114 Å². The molecule has 1 amide bonds. The second-order valence-corrected chi connectivity index (χ2v) is 5.72. The number of nitro groups is 1. The fourth-order valence-corrected chi connectivity index (χ4v) is 3.02. The third-order valence-electron chi connectivity index (χ3n) is 4.23. The number of aromatic nitrogens is 1. The van der Waals surface area contributed by atoms with E-state index in [9.17, 15) is 19.7 Å². The first kappa shape index (κ1) is 15.9. The molecule has 8 nitrogen and oxygen atoms in total. The number of carboxylic acid groups (broad SMARTS) is 1. The summed E-state index contributed by atoms with van der Waals surface area (Å²) >= 11 is 0. The van der Waals surface area contributed by atoms with E-state index in [4.69, 9.17) is 5.11 Å². The Labute approximate surface area is 136 Å². The number of carbonyl (C=O) groups is 2. The second kappa shape index (κ2) is 6.23. The van der Waals surface area contributed by atoms with Crippen LogP contribution in [0.15, 0.2) is 30.5 Å². The number of amides is 1. The minimum absolute atomic E-state index is 0.114. The Bertz CT molecular complexity index is 836. The van der Waals surface area contributed by atoms with E-state index in [1.807, 2.05) is 0 Å². The van der Waals surface area contributed by atoms with Crippen molar-refractivity contribution in [2.45, 2.75) is 12.8 Å². The van der Waals surface area contributed by atoms with Crippen molar-refractivity contribution in [2.24, 2.45) is 5.92 Å². The summed E-state index contributed by atoms with van der Waals surface area (Å²) in [6.45, 7) is 0.605. The van der Waals surface area contributed by atoms with Crippen LogP contribution in [0.2, 0.25) is 0 Å². The molecule has 24 heavy (non-hydrogen) atoms. The van der Waals surface area contributed by atoms with E-state index in [1.165, 1.54) is 23.2 Å². The molecule has 8 heteroatoms. The minimum atomic E-state index is -0.917. The molecule has 0 radical (unpaired) electrons. The van der Waals surface area contributed by atoms with Crippen molar-refractivity contribution in [3.63, 3.8) is 0 Å². The van der Waals surface area contributed by atoms with Crippen LogP contribution in [0.5, 0.6) is 0 Å². The number of rotatable bonds is 3. The molecule has 3 rings (SSSR count). The smallest absolute Gasteiger partial charge is 0.308 e. The van der Waals surface area contributed by atoms with Gasteiger partial charge in [0.05, 0.1) is 27.3 Å². The summed E-state index contributed by atoms with van der Waals surface area (Å²) in [5.41, 5.74) is 0.396. The SMILES string of the molecule is O=C(O)[C@H]1CCCN(C(=O)c2ccc([N+](=O)[O-])c3cccnc23)C1. The quantitative estimate of drug-likeness (QED) is 0.681. The van der Waals surface area contributed by atoms with Gasteiger partial charge in [-0.3, -0.25) is 24.7 Å². The Kier molecular flexibility index (Phi) is 4.11. The highest BCUT2D eigenvalue weighted by atomic mass is 16.6. The maximum Gasteiger partial charge on any atom is 0.308 e. The molecule has 1 fully saturated rings. The van der Waals surface area contributed by atoms with Crippen molar-refractivity contribution < 1.29 is 19.6 Å². The molecular weight excluding hydrogens is 314 g/mol. The number of nitro benzene ring substituents is 1. The van der Waals surface area contributed by atoms with Gasteiger partial charge >= 0.3 is 5.97 Å². The number of likely N-dealkylation sites (tertiary alicyclic amines) is 1. The van der Waals surface area contributed by atoms with Crippen LogP contribution in [0, 0.1) is 16.0 Å². The van der Waals surface area contributed by atoms with Gasteiger partial charge in [-0.2, -0.15) is 0 Å². The molecule has 0 saturated carbocycles. The van der Waals surface area contributed by atoms with Crippen LogP contribution in [-0.4, -0.2) is 44.9 Å². The van der Waals surface area contributed by atoms with Gasteiger partial charge < -0.3 is 10.0 Å². The standard InChI is InChI=1S/C16H15N3O5/c20-15(18-8-2-3-10(9-18)16(21)22)12-5-6-13(19(23)24)11-4-1-7-17-14(11)12/h1,4-7,10H,2-3,8-9H2,(H,21,22)/t10-/m0/s1. The minimum Gasteiger partial charge on any atom is -0.481 e. The maximum absolute atomic E-state index is 12.8. The summed E-state index contributed by atoms with van der Waals surface area (Å²) in [5.74, 6) is -1.85. The summed E-state index contributed by atoms with van der Waals surface area (Å²) in [4.78, 5) is 40.2. The highest BCUT2D eigenvalue weighted by Gasteiger charge is 2.30. The zero-order chi connectivity index (χ0) is 17.3. The number of aliphatic carboxylic acids is 1. The predicted octanol–water partition coefficient (Wildman–Crippen LogP) is 2.08. The molecule has 1 aliphatic heterocycles. The number of nitrogens with zero attached hydrogens (tertiary/aromatic N) is 3. The summed E-state index contributed by atoms with van der Waals surface area (Å²) in [6.07, 6.45) is 2.62. The van der Waals surface area contributed by atoms with Crippen molar-refractivity contribution >= 4 is 28.5 Å². The van der Waals surface area contributed by atoms with E-state index in [2.05, 4.69) is 4.98 Å². The van der Waals surface area contributed by atoms with Crippen LogP contribution in [0.4, 0.5) is 5.69 Å². The molecule has 1 aromatic heterocycles. The highest BCUT2D eigenvalue weighted by Crippen LogP contribution is 2.28. The lowest BCUT2D eigenvalue weighted by molar-refractivity contribution is -0.383. The zero-order valence-corrected chi connectivity index (χ0v) is 12.7. The van der Waals surface area contributed by atoms with Crippen molar-refractivity contribution in [3.8, 4) is 0 Å². The van der Waals surface area contributed by atoms with Crippen molar-refractivity contribution in [2.75, 3.05) is 13.1 Å². The normalized spacial score (nSPS) is 17.7. The number of non-ortho nitro benzene ring substituents is 1. The van der Waals surface area contributed by atoms with Crippen molar-refractivity contribution in [1.82, 2.24) is 9.88 Å². The van der Waals surface area contributed by atoms with E-state index >= 15 is 0 Å². The highest BCUT2D eigenvalue weighted by molar-refractivity contribution is 6.07. The first-order valence-electron chi connectivity index (χ1n) is 7.53. The second-order valence-electron chi connectivity index (χ2n) is 5.72. The fraction of sp³-hybridized carbons (Fsp3) is 0.312. The van der Waals surface area contributed by atoms with Crippen LogP contribution < -0.4 is 0 Å². The molecule has 0 unspecified atom stereocenters. The molecule has 1 aliphatic rings. The first-order chi connectivity index (χ1) is 11.5. The predicted molar refractivity (Wildman–Crippen MR) is 84.7 cm³/mol. The summed E-state index contributed by atoms with van der Waals surface area (Å²) < 4.78 is 0. The van der Waals surface area contributed by atoms with Crippen LogP contribution in [0.3, 0.4) is 0 Å². The Balaban J connectivity index is 2.00. The Morgan fingerprint density at radius 3 is 2.83 bits per heavy atom. The number of fused-ring (bicyclic) bond motifs is 1. The molecule has 1 aromatic carbocycles. The molecule has 2 heterocycles. The van der Waals surface area contributed by atoms with Crippen molar-refractivity contribution in [1.29, 1.82) is 0 Å². The van der Waals surface area contributed by atoms with Gasteiger partial charge in [0.15, 0.2) is 0 Å². The molecule has 0 spiro atoms. The van der Waals surface area contributed by atoms with E-state index in [-0.39, 0.29) is 29.2 Å². The van der Waals surface area contributed by atoms with E-state index in [1.54, 1.807) is 12.1 Å². The van der Waals surface area contributed by atoms with Crippen molar-refractivity contribution in [3.05, 3.63) is 46.1 Å². The number of carboxylic acids is 1. The average molecular weight is 329 g/mol. The molecular formula is C16H15N3O5. The van der Waals surface area contributed by atoms with E-state index < -0.39 is 16.8 Å². The number of pyridine rings is 1. The lowest BCUT2D eigenvalue weighted by Gasteiger charge is -2.30. The molecule has 0 aliphatic carbocycles. The van der Waals surface area contributed by atoms with Gasteiger partial charge in [-0.1, -0.05) is 0 Å². The fourth-order valence-electron chi connectivity index (χ4n) is 3.02. The van der Waals surface area contributed by atoms with Gasteiger partial charge in [0.1, 0.15) is 0 Å². The number of piperidine rings is 1. The van der Waals surface area contributed by atoms with Gasteiger partial charge in [-0.15, -0.1) is 0 Å². The number of hydrogen-bond acceptors (Lipinski definition) is 5. The summed E-state index contributed by atoms with van der Waals surface area (Å²) in [6, 6.07) is 5.80. The molecule has 1 N–H and O–H groups in total. The molecule has 0 bridgehead atoms.